The summed E-state index contributed by atoms with van der Waals surface area (Å²) in [4.78, 5) is 0. The lowest BCUT2D eigenvalue weighted by atomic mass is 10.1. The van der Waals surface area contributed by atoms with Crippen molar-refractivity contribution in [3.05, 3.63) is 35.6 Å². The zero-order valence-electron chi connectivity index (χ0n) is 5.29. The summed E-state index contributed by atoms with van der Waals surface area (Å²) in [6, 6.07) is 0. The Morgan fingerprint density at radius 3 is 3.22 bits per heavy atom. The Hall–Kier alpha value is -0.980. The lowest BCUT2D eigenvalue weighted by Crippen LogP contribution is -1.99. The average molecular weight is 120 g/mol. The normalized spacial score (nSPS) is 29.2. The first kappa shape index (κ1) is 4.86. The molecule has 0 aromatic rings. The van der Waals surface area contributed by atoms with Crippen LogP contribution in [0.15, 0.2) is 35.6 Å². The maximum Gasteiger partial charge on any atom is 0.121 e. The van der Waals surface area contributed by atoms with Crippen LogP contribution in [0.1, 0.15) is 6.92 Å². The van der Waals surface area contributed by atoms with E-state index in [1.165, 1.54) is 11.1 Å². The van der Waals surface area contributed by atoms with Gasteiger partial charge in [0.25, 0.3) is 0 Å². The van der Waals surface area contributed by atoms with Gasteiger partial charge in [-0.25, -0.2) is 0 Å². The molecule has 0 aromatic heterocycles. The van der Waals surface area contributed by atoms with Gasteiger partial charge in [-0.1, -0.05) is 18.2 Å². The Morgan fingerprint density at radius 1 is 1.56 bits per heavy atom. The molecule has 0 amide bonds. The van der Waals surface area contributed by atoms with Crippen LogP contribution < -0.4 is 0 Å². The highest BCUT2D eigenvalue weighted by Gasteiger charge is 2.20. The van der Waals surface area contributed by atoms with Gasteiger partial charge in [0.05, 0.1) is 6.26 Å². The molecule has 2 rings (SSSR count). The number of rotatable bonds is 0. The van der Waals surface area contributed by atoms with E-state index in [2.05, 4.69) is 25.2 Å². The van der Waals surface area contributed by atoms with Crippen LogP contribution in [0.25, 0.3) is 0 Å². The molecule has 0 N–H and O–H groups in total. The van der Waals surface area contributed by atoms with Crippen LogP contribution in [0.5, 0.6) is 0 Å². The van der Waals surface area contributed by atoms with E-state index >= 15 is 0 Å². The summed E-state index contributed by atoms with van der Waals surface area (Å²) in [6.07, 6.45) is 8.32. The molecule has 0 radical (unpaired) electrons. The zero-order chi connectivity index (χ0) is 6.27. The standard InChI is InChI=1S/C8H8O/c1-6-8-4-2-3-7(8)5-9-6/h2-6H,1H3. The molecule has 1 atom stereocenters. The molecule has 1 heterocycles. The van der Waals surface area contributed by atoms with Gasteiger partial charge in [0, 0.05) is 11.1 Å². The van der Waals surface area contributed by atoms with E-state index in [0.717, 1.165) is 0 Å². The van der Waals surface area contributed by atoms with E-state index < -0.39 is 0 Å². The third-order valence-electron chi connectivity index (χ3n) is 1.72. The van der Waals surface area contributed by atoms with Crippen LogP contribution in [0, 0.1) is 0 Å². The van der Waals surface area contributed by atoms with Crippen LogP contribution in [0.4, 0.5) is 0 Å². The largest absolute Gasteiger partial charge is 0.493 e. The predicted molar refractivity (Wildman–Crippen MR) is 35.9 cm³/mol. The molecular weight excluding hydrogens is 112 g/mol. The van der Waals surface area contributed by atoms with Crippen molar-refractivity contribution < 1.29 is 4.74 Å². The van der Waals surface area contributed by atoms with E-state index in [-0.39, 0.29) is 6.10 Å². The molecular formula is C8H8O. The Morgan fingerprint density at radius 2 is 2.44 bits per heavy atom. The van der Waals surface area contributed by atoms with E-state index in [9.17, 15) is 0 Å². The molecule has 0 fully saturated rings. The summed E-state index contributed by atoms with van der Waals surface area (Å²) in [5.74, 6) is 0. The molecule has 0 saturated carbocycles. The number of ether oxygens (including phenoxy) is 1. The minimum atomic E-state index is 0.273. The smallest absolute Gasteiger partial charge is 0.121 e. The molecule has 0 spiro atoms. The molecule has 0 saturated heterocycles. The Labute approximate surface area is 54.3 Å². The van der Waals surface area contributed by atoms with Gasteiger partial charge in [-0.15, -0.1) is 0 Å². The number of allylic oxidation sites excluding steroid dienone is 3. The second-order valence-corrected chi connectivity index (χ2v) is 2.33. The van der Waals surface area contributed by atoms with Crippen LogP contribution in [0.2, 0.25) is 0 Å². The lowest BCUT2D eigenvalue weighted by molar-refractivity contribution is 0.214. The minimum Gasteiger partial charge on any atom is -0.493 e. The summed E-state index contributed by atoms with van der Waals surface area (Å²) >= 11 is 0. The second-order valence-electron chi connectivity index (χ2n) is 2.33. The number of hydrogen-bond donors (Lipinski definition) is 0. The minimum absolute atomic E-state index is 0.273. The van der Waals surface area contributed by atoms with Gasteiger partial charge in [0.2, 0.25) is 0 Å². The fourth-order valence-corrected chi connectivity index (χ4v) is 1.17. The highest BCUT2D eigenvalue weighted by Crippen LogP contribution is 2.28. The third-order valence-corrected chi connectivity index (χ3v) is 1.72. The highest BCUT2D eigenvalue weighted by molar-refractivity contribution is 5.51. The topological polar surface area (TPSA) is 9.23 Å². The maximum atomic E-state index is 5.24. The summed E-state index contributed by atoms with van der Waals surface area (Å²) < 4.78 is 5.24. The van der Waals surface area contributed by atoms with Crippen LogP contribution in [0.3, 0.4) is 0 Å². The lowest BCUT2D eigenvalue weighted by Gasteiger charge is -2.02. The van der Waals surface area contributed by atoms with E-state index in [0.29, 0.717) is 0 Å². The van der Waals surface area contributed by atoms with Crippen molar-refractivity contribution >= 4 is 0 Å². The SMILES string of the molecule is CC1OC=C2C=CC=C21. The van der Waals surface area contributed by atoms with Crippen molar-refractivity contribution in [2.24, 2.45) is 0 Å². The quantitative estimate of drug-likeness (QED) is 0.473. The van der Waals surface area contributed by atoms with Crippen LogP contribution in [-0.2, 0) is 4.74 Å². The summed E-state index contributed by atoms with van der Waals surface area (Å²) in [7, 11) is 0. The van der Waals surface area contributed by atoms with Gasteiger partial charge in [-0.2, -0.15) is 0 Å². The van der Waals surface area contributed by atoms with Crippen molar-refractivity contribution in [3.8, 4) is 0 Å². The zero-order valence-corrected chi connectivity index (χ0v) is 5.29. The first-order valence-corrected chi connectivity index (χ1v) is 3.12. The van der Waals surface area contributed by atoms with Crippen LogP contribution in [-0.4, -0.2) is 6.10 Å². The first-order valence-electron chi connectivity index (χ1n) is 3.12. The van der Waals surface area contributed by atoms with Crippen LogP contribution >= 0.6 is 0 Å². The number of fused-ring (bicyclic) bond motifs is 1. The molecule has 2 aliphatic rings. The first-order chi connectivity index (χ1) is 4.38. The molecule has 0 bridgehead atoms. The molecule has 46 valence electrons. The van der Waals surface area contributed by atoms with E-state index in [1.807, 2.05) is 6.26 Å². The Bertz CT molecular complexity index is 221. The monoisotopic (exact) mass is 120 g/mol. The molecule has 9 heavy (non-hydrogen) atoms. The predicted octanol–water partition coefficient (Wildman–Crippen LogP) is 1.79. The van der Waals surface area contributed by atoms with Gasteiger partial charge in [-0.3, -0.25) is 0 Å². The van der Waals surface area contributed by atoms with Gasteiger partial charge in [0.1, 0.15) is 6.10 Å². The van der Waals surface area contributed by atoms with Crippen molar-refractivity contribution in [1.29, 1.82) is 0 Å². The molecule has 0 aromatic carbocycles. The second kappa shape index (κ2) is 1.50. The van der Waals surface area contributed by atoms with E-state index in [4.69, 9.17) is 4.74 Å². The summed E-state index contributed by atoms with van der Waals surface area (Å²) in [6.45, 7) is 2.06. The molecule has 1 unspecified atom stereocenters. The average Bonchev–Trinajstić information content (AvgIpc) is 2.35. The number of hydrogen-bond acceptors (Lipinski definition) is 1. The molecule has 1 aliphatic carbocycles. The van der Waals surface area contributed by atoms with Crippen molar-refractivity contribution in [2.45, 2.75) is 13.0 Å². The van der Waals surface area contributed by atoms with Crippen molar-refractivity contribution in [1.82, 2.24) is 0 Å². The van der Waals surface area contributed by atoms with E-state index in [1.54, 1.807) is 0 Å². The fraction of sp³-hybridized carbons (Fsp3) is 0.250. The highest BCUT2D eigenvalue weighted by atomic mass is 16.5. The summed E-state index contributed by atoms with van der Waals surface area (Å²) in [5, 5.41) is 0. The maximum absolute atomic E-state index is 5.24. The van der Waals surface area contributed by atoms with Crippen molar-refractivity contribution in [2.75, 3.05) is 0 Å². The Balaban J connectivity index is 2.42. The molecule has 1 nitrogen and oxygen atoms in total. The van der Waals surface area contributed by atoms with Gasteiger partial charge >= 0.3 is 0 Å². The third kappa shape index (κ3) is 0.545. The van der Waals surface area contributed by atoms with Gasteiger partial charge in [-0.05, 0) is 6.92 Å². The summed E-state index contributed by atoms with van der Waals surface area (Å²) in [5.41, 5.74) is 2.55. The molecule has 1 heteroatoms. The Kier molecular flexibility index (Phi) is 0.810. The fourth-order valence-electron chi connectivity index (χ4n) is 1.17. The van der Waals surface area contributed by atoms with Gasteiger partial charge in [0.15, 0.2) is 0 Å². The molecule has 1 aliphatic heterocycles. The van der Waals surface area contributed by atoms with Gasteiger partial charge < -0.3 is 4.74 Å². The van der Waals surface area contributed by atoms with Crippen molar-refractivity contribution in [3.63, 3.8) is 0 Å².